The number of terminal acetylenes is 1. The minimum Gasteiger partial charge on any atom is -0.397 e. The van der Waals surface area contributed by atoms with E-state index in [9.17, 15) is 13.6 Å². The highest BCUT2D eigenvalue weighted by atomic mass is 35.5. The van der Waals surface area contributed by atoms with Crippen LogP contribution in [0.1, 0.15) is 29.8 Å². The summed E-state index contributed by atoms with van der Waals surface area (Å²) in [5.74, 6) is 5.38. The van der Waals surface area contributed by atoms with E-state index in [1.807, 2.05) is 13.8 Å². The molecule has 0 atom stereocenters. The second kappa shape index (κ2) is 11.5. The monoisotopic (exact) mass is 438 g/mol. The molecule has 0 aliphatic carbocycles. The van der Waals surface area contributed by atoms with Crippen molar-refractivity contribution in [2.24, 2.45) is 5.84 Å². The number of halogens is 3. The van der Waals surface area contributed by atoms with Gasteiger partial charge in [0.15, 0.2) is 0 Å². The Balaban J connectivity index is 0.000000656. The normalized spacial score (nSPS) is 10.3. The first-order valence-corrected chi connectivity index (χ1v) is 9.35. The van der Waals surface area contributed by atoms with Gasteiger partial charge in [-0.05, 0) is 23.8 Å². The van der Waals surface area contributed by atoms with Crippen LogP contribution in [0.4, 0.5) is 14.5 Å². The molecule has 2 aromatic carbocycles. The summed E-state index contributed by atoms with van der Waals surface area (Å²) in [5, 5.41) is 2.75. The molecule has 0 aliphatic heterocycles. The quantitative estimate of drug-likeness (QED) is 0.322. The maximum absolute atomic E-state index is 13.6. The molecule has 0 aromatic heterocycles. The smallest absolute Gasteiger partial charge is 0.277 e. The van der Waals surface area contributed by atoms with Crippen molar-refractivity contribution in [1.29, 1.82) is 0 Å². The van der Waals surface area contributed by atoms with E-state index in [1.165, 1.54) is 20.2 Å². The Morgan fingerprint density at radius 2 is 1.73 bits per heavy atom. The fourth-order valence-electron chi connectivity index (χ4n) is 2.47. The largest absolute Gasteiger partial charge is 0.397 e. The van der Waals surface area contributed by atoms with E-state index < -0.39 is 17.5 Å². The predicted molar refractivity (Wildman–Crippen MR) is 115 cm³/mol. The lowest BCUT2D eigenvalue weighted by molar-refractivity contribution is -0.0756. The number of nitrogens with zero attached hydrogens (tertiary/aromatic N) is 2. The van der Waals surface area contributed by atoms with Gasteiger partial charge in [-0.15, -0.1) is 6.42 Å². The van der Waals surface area contributed by atoms with Crippen molar-refractivity contribution in [3.8, 4) is 23.5 Å². The first-order chi connectivity index (χ1) is 14.1. The average Bonchev–Trinajstić information content (AvgIpc) is 2.71. The van der Waals surface area contributed by atoms with Gasteiger partial charge in [0.2, 0.25) is 0 Å². The SMILES string of the molecule is C#Cc1c(Cl)cc(C(=O)N(C)OC)c(-c2cc(F)cc(F)c2)c1N.CCN(N)CC. The first kappa shape index (κ1) is 25.3. The molecule has 4 N–H and O–H groups in total. The number of benzene rings is 2. The lowest BCUT2D eigenvalue weighted by Crippen LogP contribution is -2.29. The summed E-state index contributed by atoms with van der Waals surface area (Å²) in [5.41, 5.74) is 6.28. The van der Waals surface area contributed by atoms with Crippen LogP contribution in [-0.4, -0.2) is 43.2 Å². The Morgan fingerprint density at radius 3 is 2.13 bits per heavy atom. The number of carbonyl (C=O) groups is 1. The molecule has 1 amide bonds. The Labute approximate surface area is 180 Å². The van der Waals surface area contributed by atoms with E-state index in [4.69, 9.17) is 34.4 Å². The fourth-order valence-corrected chi connectivity index (χ4v) is 2.74. The van der Waals surface area contributed by atoms with Gasteiger partial charge in [0.25, 0.3) is 5.91 Å². The molecule has 0 spiro atoms. The third-order valence-electron chi connectivity index (χ3n) is 4.22. The van der Waals surface area contributed by atoms with Crippen LogP contribution in [0.15, 0.2) is 24.3 Å². The number of hydrazine groups is 1. The summed E-state index contributed by atoms with van der Waals surface area (Å²) >= 11 is 6.07. The summed E-state index contributed by atoms with van der Waals surface area (Å²) in [6, 6.07) is 4.10. The lowest BCUT2D eigenvalue weighted by Gasteiger charge is -2.19. The van der Waals surface area contributed by atoms with Gasteiger partial charge >= 0.3 is 0 Å². The molecule has 9 heteroatoms. The molecule has 0 radical (unpaired) electrons. The van der Waals surface area contributed by atoms with E-state index in [0.717, 1.165) is 30.3 Å². The molecule has 2 rings (SSSR count). The van der Waals surface area contributed by atoms with E-state index in [1.54, 1.807) is 5.01 Å². The van der Waals surface area contributed by atoms with Crippen molar-refractivity contribution in [3.63, 3.8) is 0 Å². The van der Waals surface area contributed by atoms with Crippen LogP contribution >= 0.6 is 11.6 Å². The number of hydrogen-bond acceptors (Lipinski definition) is 5. The van der Waals surface area contributed by atoms with E-state index in [2.05, 4.69) is 5.92 Å². The standard InChI is InChI=1S/C17H13ClF2N2O2.C4H12N2/c1-4-12-14(18)8-13(17(23)22(2)24-3)15(16(12)21)9-5-10(19)7-11(20)6-9;1-3-6(5)4-2/h1,5-8H,21H2,2-3H3;3-5H2,1-2H3. The van der Waals surface area contributed by atoms with Crippen LogP contribution in [0.2, 0.25) is 5.02 Å². The molecule has 0 heterocycles. The molecule has 0 saturated carbocycles. The Morgan fingerprint density at radius 1 is 1.20 bits per heavy atom. The molecular formula is C21H25ClF2N4O2. The lowest BCUT2D eigenvalue weighted by atomic mass is 9.94. The molecular weight excluding hydrogens is 414 g/mol. The number of nitrogen functional groups attached to an aromatic ring is 1. The van der Waals surface area contributed by atoms with Crippen molar-refractivity contribution in [2.45, 2.75) is 13.8 Å². The van der Waals surface area contributed by atoms with Crippen molar-refractivity contribution in [3.05, 3.63) is 52.0 Å². The van der Waals surface area contributed by atoms with Crippen LogP contribution < -0.4 is 11.6 Å². The number of nitrogens with two attached hydrogens (primary N) is 2. The van der Waals surface area contributed by atoms with E-state index in [0.29, 0.717) is 6.07 Å². The zero-order valence-corrected chi connectivity index (χ0v) is 18.1. The number of amides is 1. The van der Waals surface area contributed by atoms with E-state index in [-0.39, 0.29) is 33.0 Å². The molecule has 0 saturated heterocycles. The summed E-state index contributed by atoms with van der Waals surface area (Å²) in [6.07, 6.45) is 5.39. The maximum Gasteiger partial charge on any atom is 0.277 e. The molecule has 2 aromatic rings. The highest BCUT2D eigenvalue weighted by molar-refractivity contribution is 6.33. The molecule has 0 aliphatic rings. The van der Waals surface area contributed by atoms with Gasteiger partial charge in [-0.2, -0.15) is 0 Å². The summed E-state index contributed by atoms with van der Waals surface area (Å²) in [6.45, 7) is 5.94. The number of hydrogen-bond donors (Lipinski definition) is 2. The van der Waals surface area contributed by atoms with Crippen molar-refractivity contribution in [2.75, 3.05) is 33.0 Å². The van der Waals surface area contributed by atoms with Crippen LogP contribution in [0.25, 0.3) is 11.1 Å². The van der Waals surface area contributed by atoms with Gasteiger partial charge in [0.1, 0.15) is 11.6 Å². The number of rotatable bonds is 5. The second-order valence-corrected chi connectivity index (χ2v) is 6.49. The zero-order chi connectivity index (χ0) is 23.0. The molecule has 30 heavy (non-hydrogen) atoms. The molecule has 0 bridgehead atoms. The predicted octanol–water partition coefficient (Wildman–Crippen LogP) is 3.68. The minimum absolute atomic E-state index is 0.00542. The summed E-state index contributed by atoms with van der Waals surface area (Å²) < 4.78 is 27.2. The zero-order valence-electron chi connectivity index (χ0n) is 17.3. The third-order valence-corrected chi connectivity index (χ3v) is 4.51. The second-order valence-electron chi connectivity index (χ2n) is 6.08. The minimum atomic E-state index is -0.819. The third kappa shape index (κ3) is 6.15. The highest BCUT2D eigenvalue weighted by Crippen LogP contribution is 2.37. The van der Waals surface area contributed by atoms with Gasteiger partial charge in [0.05, 0.1) is 28.9 Å². The Hall–Kier alpha value is -2.70. The van der Waals surface area contributed by atoms with E-state index >= 15 is 0 Å². The van der Waals surface area contributed by atoms with Crippen LogP contribution in [0.5, 0.6) is 0 Å². The first-order valence-electron chi connectivity index (χ1n) is 8.97. The van der Waals surface area contributed by atoms with Gasteiger partial charge in [0, 0.05) is 31.8 Å². The Kier molecular flexibility index (Phi) is 9.69. The van der Waals surface area contributed by atoms with Gasteiger partial charge < -0.3 is 5.73 Å². The highest BCUT2D eigenvalue weighted by Gasteiger charge is 2.23. The topological polar surface area (TPSA) is 84.8 Å². The molecule has 162 valence electrons. The molecule has 0 fully saturated rings. The fraction of sp³-hybridized carbons (Fsp3) is 0.286. The van der Waals surface area contributed by atoms with Crippen LogP contribution in [0, 0.1) is 24.0 Å². The summed E-state index contributed by atoms with van der Waals surface area (Å²) in [4.78, 5) is 17.3. The van der Waals surface area contributed by atoms with Gasteiger partial charge in [-0.3, -0.25) is 15.5 Å². The van der Waals surface area contributed by atoms with Crippen molar-refractivity contribution in [1.82, 2.24) is 10.1 Å². The molecule has 0 unspecified atom stereocenters. The van der Waals surface area contributed by atoms with Gasteiger partial charge in [-0.25, -0.2) is 18.9 Å². The molecule has 6 nitrogen and oxygen atoms in total. The van der Waals surface area contributed by atoms with Crippen molar-refractivity contribution < 1.29 is 18.4 Å². The van der Waals surface area contributed by atoms with Crippen LogP contribution in [-0.2, 0) is 4.84 Å². The van der Waals surface area contributed by atoms with Crippen molar-refractivity contribution >= 4 is 23.2 Å². The maximum atomic E-state index is 13.6. The van der Waals surface area contributed by atoms with Crippen LogP contribution in [0.3, 0.4) is 0 Å². The Bertz CT molecular complexity index is 923. The number of anilines is 1. The summed E-state index contributed by atoms with van der Waals surface area (Å²) in [7, 11) is 2.66. The average molecular weight is 439 g/mol. The number of hydroxylamine groups is 2. The number of carbonyl (C=O) groups excluding carboxylic acids is 1. The van der Waals surface area contributed by atoms with Gasteiger partial charge in [-0.1, -0.05) is 31.4 Å².